The number of ether oxygens (including phenoxy) is 1. The van der Waals surface area contributed by atoms with Crippen LogP contribution in [0.25, 0.3) is 16.8 Å². The number of benzene rings is 2. The maximum absolute atomic E-state index is 14.2. The minimum atomic E-state index is -1.33. The summed E-state index contributed by atoms with van der Waals surface area (Å²) in [4.78, 5) is 37.7. The molecule has 11 nitrogen and oxygen atoms in total. The molecule has 14 heteroatoms. The van der Waals surface area contributed by atoms with Crippen molar-refractivity contribution in [1.29, 1.82) is 0 Å². The lowest BCUT2D eigenvalue weighted by atomic mass is 9.79. The maximum atomic E-state index is 14.2. The molecule has 2 aliphatic heterocycles. The van der Waals surface area contributed by atoms with Crippen LogP contribution >= 0.6 is 11.6 Å². The number of amides is 2. The third-order valence-corrected chi connectivity index (χ3v) is 7.18. The number of carboxylic acid groups (broad SMARTS) is 3. The van der Waals surface area contributed by atoms with Crippen molar-refractivity contribution in [1.82, 2.24) is 15.0 Å². The quantitative estimate of drug-likeness (QED) is 0.356. The summed E-state index contributed by atoms with van der Waals surface area (Å²) in [5, 5.41) is 32.4. The average Bonchev–Trinajstić information content (AvgIpc) is 3.37. The van der Waals surface area contributed by atoms with Gasteiger partial charge in [-0.15, -0.1) is 0 Å². The summed E-state index contributed by atoms with van der Waals surface area (Å²) >= 11 is 5.87. The Morgan fingerprint density at radius 2 is 1.73 bits per heavy atom. The van der Waals surface area contributed by atoms with E-state index in [2.05, 4.69) is 5.16 Å². The van der Waals surface area contributed by atoms with E-state index < -0.39 is 52.8 Å². The molecule has 208 valence electrons. The number of halogens is 3. The van der Waals surface area contributed by atoms with E-state index in [9.17, 15) is 38.5 Å². The zero-order valence-corrected chi connectivity index (χ0v) is 21.1. The van der Waals surface area contributed by atoms with E-state index in [1.54, 1.807) is 24.3 Å². The van der Waals surface area contributed by atoms with Crippen molar-refractivity contribution in [2.24, 2.45) is 5.92 Å². The number of nitrogens with zero attached hydrogens (tertiary/aromatic N) is 3. The predicted octanol–water partition coefficient (Wildman–Crippen LogP) is 4.66. The Morgan fingerprint density at radius 1 is 1.02 bits per heavy atom. The van der Waals surface area contributed by atoms with Crippen LogP contribution < -0.4 is 4.74 Å². The van der Waals surface area contributed by atoms with Gasteiger partial charge in [-0.25, -0.2) is 18.4 Å². The fourth-order valence-corrected chi connectivity index (χ4v) is 5.29. The summed E-state index contributed by atoms with van der Waals surface area (Å²) < 4.78 is 38.8. The van der Waals surface area contributed by atoms with Gasteiger partial charge in [0.15, 0.2) is 5.76 Å². The summed E-state index contributed by atoms with van der Waals surface area (Å²) in [5.74, 6) is -3.61. The fourth-order valence-electron chi connectivity index (χ4n) is 5.04. The first-order valence-electron chi connectivity index (χ1n) is 11.8. The van der Waals surface area contributed by atoms with Crippen LogP contribution in [0.5, 0.6) is 5.75 Å². The van der Waals surface area contributed by atoms with E-state index in [0.717, 1.165) is 21.9 Å². The topological polar surface area (TPSA) is 154 Å². The molecule has 1 unspecified atom stereocenters. The van der Waals surface area contributed by atoms with Gasteiger partial charge in [0.05, 0.1) is 22.7 Å². The van der Waals surface area contributed by atoms with Gasteiger partial charge in [0.2, 0.25) is 0 Å². The van der Waals surface area contributed by atoms with Gasteiger partial charge in [-0.3, -0.25) is 9.69 Å². The number of rotatable bonds is 6. The summed E-state index contributed by atoms with van der Waals surface area (Å²) in [6.45, 7) is -0.527. The van der Waals surface area contributed by atoms with E-state index in [1.165, 1.54) is 12.1 Å². The lowest BCUT2D eigenvalue weighted by Gasteiger charge is -2.49. The van der Waals surface area contributed by atoms with Gasteiger partial charge in [-0.05, 0) is 35.4 Å². The normalized spacial score (nSPS) is 20.2. The molecule has 2 aromatic carbocycles. The van der Waals surface area contributed by atoms with Gasteiger partial charge in [0, 0.05) is 19.2 Å². The maximum Gasteiger partial charge on any atom is 0.408 e. The first-order chi connectivity index (χ1) is 19.0. The largest absolute Gasteiger partial charge is 0.486 e. The first kappa shape index (κ1) is 26.9. The van der Waals surface area contributed by atoms with Crippen LogP contribution in [0.2, 0.25) is 5.02 Å². The number of fused-ring (bicyclic) bond motifs is 2. The van der Waals surface area contributed by atoms with E-state index in [0.29, 0.717) is 16.9 Å². The molecular formula is C26H20ClF2N3O8. The number of carboxylic acids is 1. The summed E-state index contributed by atoms with van der Waals surface area (Å²) in [7, 11) is 0. The molecule has 5 rings (SSSR count). The number of hydrogen-bond donors (Lipinski definition) is 3. The molecule has 3 atom stereocenters. The van der Waals surface area contributed by atoms with Gasteiger partial charge in [-0.1, -0.05) is 35.0 Å². The molecule has 1 saturated heterocycles. The predicted molar refractivity (Wildman–Crippen MR) is 134 cm³/mol. The van der Waals surface area contributed by atoms with Crippen molar-refractivity contribution in [3.8, 4) is 17.0 Å². The lowest BCUT2D eigenvalue weighted by Crippen LogP contribution is -2.65. The van der Waals surface area contributed by atoms with E-state index >= 15 is 0 Å². The molecule has 3 heterocycles. The van der Waals surface area contributed by atoms with Crippen molar-refractivity contribution in [3.63, 3.8) is 0 Å². The Bertz CT molecular complexity index is 1530. The van der Waals surface area contributed by atoms with Crippen LogP contribution in [0.3, 0.4) is 0 Å². The van der Waals surface area contributed by atoms with Gasteiger partial charge in [-0.2, -0.15) is 0 Å². The molecule has 2 aliphatic rings. The smallest absolute Gasteiger partial charge is 0.408 e. The van der Waals surface area contributed by atoms with Gasteiger partial charge in [0.1, 0.15) is 35.6 Å². The second-order valence-corrected chi connectivity index (χ2v) is 9.54. The summed E-state index contributed by atoms with van der Waals surface area (Å²) in [5.41, 5.74) is 0.613. The third kappa shape index (κ3) is 4.91. The van der Waals surface area contributed by atoms with Crippen LogP contribution in [0, 0.1) is 17.6 Å². The second-order valence-electron chi connectivity index (χ2n) is 9.16. The van der Waals surface area contributed by atoms with Gasteiger partial charge in [0.25, 0.3) is 0 Å². The highest BCUT2D eigenvalue weighted by molar-refractivity contribution is 6.33. The first-order valence-corrected chi connectivity index (χ1v) is 12.2. The van der Waals surface area contributed by atoms with Crippen molar-refractivity contribution < 1.29 is 47.7 Å². The van der Waals surface area contributed by atoms with Crippen molar-refractivity contribution in [2.45, 2.75) is 18.7 Å². The standard InChI is InChI=1S/C26H20ClF2N3O8/c27-23-18(29)6-5-17(28)22(23)19-8-15(40-30-19)11-39-14-3-1-12(2-4-14)16-7-13-9-31(25(35)36)10-20(21(16)24(33)34)32(13)26(37)38/h1-8,13,20-21H,9-11H2,(H,33,34)(H,35,36)(H,37,38)/t13-,20-,21?/m1/s1. The molecular weight excluding hydrogens is 556 g/mol. The number of piperazine rings is 1. The Hall–Kier alpha value is -4.65. The van der Waals surface area contributed by atoms with Crippen LogP contribution in [0.4, 0.5) is 18.4 Å². The zero-order chi connectivity index (χ0) is 28.7. The minimum absolute atomic E-state index is 0.0117. The number of aliphatic carboxylic acids is 1. The van der Waals surface area contributed by atoms with E-state index in [4.69, 9.17) is 20.9 Å². The number of aromatic nitrogens is 1. The molecule has 2 bridgehead atoms. The molecule has 3 aromatic rings. The monoisotopic (exact) mass is 575 g/mol. The van der Waals surface area contributed by atoms with Gasteiger partial charge >= 0.3 is 18.2 Å². The highest BCUT2D eigenvalue weighted by Crippen LogP contribution is 2.39. The summed E-state index contributed by atoms with van der Waals surface area (Å²) in [6, 6.07) is 7.55. The van der Waals surface area contributed by atoms with Crippen LogP contribution in [-0.4, -0.2) is 73.6 Å². The Morgan fingerprint density at radius 3 is 2.38 bits per heavy atom. The van der Waals surface area contributed by atoms with Crippen LogP contribution in [-0.2, 0) is 11.4 Å². The highest BCUT2D eigenvalue weighted by Gasteiger charge is 2.49. The van der Waals surface area contributed by atoms with Crippen molar-refractivity contribution >= 4 is 35.3 Å². The van der Waals surface area contributed by atoms with E-state index in [1.807, 2.05) is 0 Å². The van der Waals surface area contributed by atoms with E-state index in [-0.39, 0.29) is 36.7 Å². The molecule has 2 amide bonds. The highest BCUT2D eigenvalue weighted by atomic mass is 35.5. The zero-order valence-electron chi connectivity index (χ0n) is 20.3. The second kappa shape index (κ2) is 10.5. The molecule has 1 fully saturated rings. The Labute approximate surface area is 229 Å². The third-order valence-electron chi connectivity index (χ3n) is 6.81. The fraction of sp³-hybridized carbons (Fsp3) is 0.231. The minimum Gasteiger partial charge on any atom is -0.486 e. The molecule has 0 saturated carbocycles. The number of carbonyl (C=O) groups is 3. The SMILES string of the molecule is O=C(O)C1C(c2ccc(OCc3cc(-c4c(F)ccc(F)c4Cl)no3)cc2)=C[C@@H]2CN(C(=O)O)C[C@H]1N2C(=O)O. The lowest BCUT2D eigenvalue weighted by molar-refractivity contribution is -0.142. The Kier molecular flexibility index (Phi) is 7.06. The van der Waals surface area contributed by atoms with Crippen LogP contribution in [0.15, 0.2) is 53.1 Å². The molecule has 0 radical (unpaired) electrons. The van der Waals surface area contributed by atoms with Crippen molar-refractivity contribution in [2.75, 3.05) is 13.1 Å². The number of hydrogen-bond acceptors (Lipinski definition) is 6. The average molecular weight is 576 g/mol. The molecule has 0 spiro atoms. The Balaban J connectivity index is 1.34. The molecule has 1 aromatic heterocycles. The van der Waals surface area contributed by atoms with Crippen molar-refractivity contribution in [3.05, 3.63) is 76.5 Å². The molecule has 40 heavy (non-hydrogen) atoms. The van der Waals surface area contributed by atoms with Gasteiger partial charge < -0.3 is 29.5 Å². The summed E-state index contributed by atoms with van der Waals surface area (Å²) in [6.07, 6.45) is -1.12. The van der Waals surface area contributed by atoms with Crippen LogP contribution in [0.1, 0.15) is 11.3 Å². The molecule has 0 aliphatic carbocycles. The molecule has 3 N–H and O–H groups in total.